The van der Waals surface area contributed by atoms with Crippen molar-refractivity contribution >= 4 is 23.2 Å². The zero-order valence-electron chi connectivity index (χ0n) is 22.6. The molecule has 0 bridgehead atoms. The Morgan fingerprint density at radius 3 is 1.73 bits per heavy atom. The van der Waals surface area contributed by atoms with Gasteiger partial charge in [0.25, 0.3) is 0 Å². The molecule has 1 aliphatic rings. The van der Waals surface area contributed by atoms with Gasteiger partial charge in [-0.25, -0.2) is 0 Å². The average Bonchev–Trinajstić information content (AvgIpc) is 3.67. The maximum absolute atomic E-state index is 13.8. The SMILES string of the molecule is Cn1cc(C(=O)C2=CN(C(c3ccccc3)(c3ccccc3)c3ccccc3)C[NH2+]2)cc1C(=O)c1ccc(Cl)cc1. The molecule has 0 spiro atoms. The lowest BCUT2D eigenvalue weighted by Gasteiger charge is -2.42. The molecule has 202 valence electrons. The fourth-order valence-electron chi connectivity index (χ4n) is 5.72. The normalized spacial score (nSPS) is 13.2. The van der Waals surface area contributed by atoms with Gasteiger partial charge in [-0.2, -0.15) is 0 Å². The van der Waals surface area contributed by atoms with Crippen LogP contribution in [0.2, 0.25) is 5.02 Å². The first-order valence-corrected chi connectivity index (χ1v) is 13.9. The van der Waals surface area contributed by atoms with Crippen LogP contribution >= 0.6 is 11.6 Å². The summed E-state index contributed by atoms with van der Waals surface area (Å²) < 4.78 is 1.71. The molecule has 0 unspecified atom stereocenters. The number of aryl methyl sites for hydroxylation is 1. The highest BCUT2D eigenvalue weighted by molar-refractivity contribution is 6.30. The second kappa shape index (κ2) is 11.0. The Morgan fingerprint density at radius 1 is 0.707 bits per heavy atom. The third kappa shape index (κ3) is 4.80. The van der Waals surface area contributed by atoms with Crippen LogP contribution in [0.15, 0.2) is 139 Å². The Kier molecular flexibility index (Phi) is 7.14. The first-order valence-electron chi connectivity index (χ1n) is 13.5. The molecule has 1 aliphatic heterocycles. The van der Waals surface area contributed by atoms with E-state index < -0.39 is 5.54 Å². The molecule has 0 aliphatic carbocycles. The number of hydrogen-bond donors (Lipinski definition) is 1. The van der Waals surface area contributed by atoms with Crippen LogP contribution in [0.4, 0.5) is 0 Å². The van der Waals surface area contributed by atoms with Crippen molar-refractivity contribution < 1.29 is 14.9 Å². The number of nitrogens with zero attached hydrogens (tertiary/aromatic N) is 2. The minimum atomic E-state index is -0.658. The topological polar surface area (TPSA) is 58.9 Å². The average molecular weight is 559 g/mol. The van der Waals surface area contributed by atoms with Crippen molar-refractivity contribution in [3.05, 3.63) is 178 Å². The molecule has 0 saturated carbocycles. The van der Waals surface area contributed by atoms with Gasteiger partial charge in [-0.15, -0.1) is 0 Å². The molecule has 0 amide bonds. The fraction of sp³-hybridized carbons (Fsp3) is 0.0857. The number of benzene rings is 4. The predicted octanol–water partition coefficient (Wildman–Crippen LogP) is 5.76. The van der Waals surface area contributed by atoms with Crippen molar-refractivity contribution in [2.45, 2.75) is 5.54 Å². The maximum Gasteiger partial charge on any atom is 0.249 e. The number of quaternary nitrogens is 1. The molecule has 0 saturated heterocycles. The standard InChI is InChI=1S/C35H28ClN3O2/c1-38-22-26(21-32(38)34(41)25-17-19-30(36)20-18-25)33(40)31-23-39(24-37-31)35(27-11-5-2-6-12-27,28-13-7-3-8-14-28)29-15-9-4-10-16-29/h2-23,37H,24H2,1H3/p+1. The van der Waals surface area contributed by atoms with E-state index in [0.717, 1.165) is 16.7 Å². The van der Waals surface area contributed by atoms with Crippen molar-refractivity contribution in [1.82, 2.24) is 9.47 Å². The molecule has 2 N–H and O–H groups in total. The third-order valence-electron chi connectivity index (χ3n) is 7.68. The zero-order valence-corrected chi connectivity index (χ0v) is 23.3. The summed E-state index contributed by atoms with van der Waals surface area (Å²) in [4.78, 5) is 29.3. The molecule has 4 aromatic carbocycles. The van der Waals surface area contributed by atoms with Crippen LogP contribution in [0.1, 0.15) is 43.1 Å². The summed E-state index contributed by atoms with van der Waals surface area (Å²) in [5, 5.41) is 2.54. The zero-order chi connectivity index (χ0) is 28.4. The largest absolute Gasteiger partial charge is 0.347 e. The van der Waals surface area contributed by atoms with Crippen molar-refractivity contribution in [3.8, 4) is 0 Å². The van der Waals surface area contributed by atoms with Gasteiger partial charge in [-0.1, -0.05) is 103 Å². The molecule has 0 radical (unpaired) electrons. The number of allylic oxidation sites excluding steroid dienone is 1. The van der Waals surface area contributed by atoms with Gasteiger partial charge < -0.3 is 9.47 Å². The third-order valence-corrected chi connectivity index (χ3v) is 7.93. The minimum absolute atomic E-state index is 0.124. The van der Waals surface area contributed by atoms with Crippen molar-refractivity contribution in [3.63, 3.8) is 0 Å². The molecule has 6 rings (SSSR count). The summed E-state index contributed by atoms with van der Waals surface area (Å²) in [6.45, 7) is 0.545. The summed E-state index contributed by atoms with van der Waals surface area (Å²) in [6.07, 6.45) is 3.69. The molecular formula is C35H29ClN3O2+. The number of carbonyl (C=O) groups excluding carboxylic acids is 2. The lowest BCUT2D eigenvalue weighted by molar-refractivity contribution is -0.605. The van der Waals surface area contributed by atoms with Gasteiger partial charge in [0, 0.05) is 29.4 Å². The highest BCUT2D eigenvalue weighted by atomic mass is 35.5. The van der Waals surface area contributed by atoms with E-state index in [-0.39, 0.29) is 11.6 Å². The van der Waals surface area contributed by atoms with Crippen LogP contribution in [0.3, 0.4) is 0 Å². The van der Waals surface area contributed by atoms with E-state index in [1.165, 1.54) is 0 Å². The number of halogens is 1. The Labute approximate surface area is 244 Å². The molecule has 6 heteroatoms. The Hall–Kier alpha value is -4.71. The fourth-order valence-corrected chi connectivity index (χ4v) is 5.85. The lowest BCUT2D eigenvalue weighted by Crippen LogP contribution is -2.83. The van der Waals surface area contributed by atoms with E-state index in [0.29, 0.717) is 34.2 Å². The van der Waals surface area contributed by atoms with E-state index in [2.05, 4.69) is 77.7 Å². The van der Waals surface area contributed by atoms with Gasteiger partial charge >= 0.3 is 0 Å². The van der Waals surface area contributed by atoms with Gasteiger partial charge in [-0.3, -0.25) is 14.9 Å². The van der Waals surface area contributed by atoms with Crippen LogP contribution in [-0.2, 0) is 12.6 Å². The summed E-state index contributed by atoms with van der Waals surface area (Å²) >= 11 is 6.00. The van der Waals surface area contributed by atoms with Crippen LogP contribution in [0.25, 0.3) is 0 Å². The van der Waals surface area contributed by atoms with E-state index in [4.69, 9.17) is 11.6 Å². The molecule has 0 atom stereocenters. The van der Waals surface area contributed by atoms with Crippen LogP contribution in [0.5, 0.6) is 0 Å². The molecule has 5 aromatic rings. The Morgan fingerprint density at radius 2 is 1.22 bits per heavy atom. The van der Waals surface area contributed by atoms with Crippen molar-refractivity contribution in [2.24, 2.45) is 7.05 Å². The summed E-state index contributed by atoms with van der Waals surface area (Å²) in [5.74, 6) is -0.285. The number of rotatable bonds is 8. The Balaban J connectivity index is 1.41. The van der Waals surface area contributed by atoms with Crippen molar-refractivity contribution in [1.29, 1.82) is 0 Å². The van der Waals surface area contributed by atoms with Gasteiger partial charge in [0.1, 0.15) is 5.54 Å². The number of ketones is 2. The summed E-state index contributed by atoms with van der Waals surface area (Å²) in [7, 11) is 1.78. The summed E-state index contributed by atoms with van der Waals surface area (Å²) in [6, 6.07) is 39.6. The monoisotopic (exact) mass is 558 g/mol. The first-order chi connectivity index (χ1) is 20.0. The molecule has 5 nitrogen and oxygen atoms in total. The first kappa shape index (κ1) is 26.5. The van der Waals surface area contributed by atoms with E-state index in [1.807, 2.05) is 29.7 Å². The smallest absolute Gasteiger partial charge is 0.249 e. The van der Waals surface area contributed by atoms with Gasteiger partial charge in [0.15, 0.2) is 12.4 Å². The van der Waals surface area contributed by atoms with Gasteiger partial charge in [0.2, 0.25) is 11.6 Å². The van der Waals surface area contributed by atoms with E-state index >= 15 is 0 Å². The number of nitrogens with two attached hydrogens (primary N) is 1. The second-order valence-electron chi connectivity index (χ2n) is 10.1. The molecule has 41 heavy (non-hydrogen) atoms. The minimum Gasteiger partial charge on any atom is -0.347 e. The molecule has 1 aromatic heterocycles. The Bertz CT molecular complexity index is 1630. The van der Waals surface area contributed by atoms with Gasteiger partial charge in [0.05, 0.1) is 11.9 Å². The van der Waals surface area contributed by atoms with Crippen LogP contribution < -0.4 is 5.32 Å². The van der Waals surface area contributed by atoms with Crippen molar-refractivity contribution in [2.75, 3.05) is 6.67 Å². The van der Waals surface area contributed by atoms with E-state index in [1.54, 1.807) is 48.1 Å². The predicted molar refractivity (Wildman–Crippen MR) is 161 cm³/mol. The lowest BCUT2D eigenvalue weighted by atomic mass is 9.76. The van der Waals surface area contributed by atoms with Crippen LogP contribution in [-0.4, -0.2) is 27.7 Å². The van der Waals surface area contributed by atoms with E-state index in [9.17, 15) is 9.59 Å². The molecule has 2 heterocycles. The summed E-state index contributed by atoms with van der Waals surface area (Å²) in [5.41, 5.74) is 4.68. The number of carbonyl (C=O) groups is 2. The quantitative estimate of drug-likeness (QED) is 0.194. The highest BCUT2D eigenvalue weighted by Gasteiger charge is 2.44. The highest BCUT2D eigenvalue weighted by Crippen LogP contribution is 2.43. The molecule has 0 fully saturated rings. The number of hydrogen-bond acceptors (Lipinski definition) is 3. The molecular weight excluding hydrogens is 530 g/mol. The number of Topliss-reactive ketones (excluding diaryl/α,β-unsaturated/α-hetero) is 1. The van der Waals surface area contributed by atoms with Crippen LogP contribution in [0, 0.1) is 0 Å². The number of aromatic nitrogens is 1. The van der Waals surface area contributed by atoms with Gasteiger partial charge in [-0.05, 0) is 47.0 Å². The second-order valence-corrected chi connectivity index (χ2v) is 10.6. The maximum atomic E-state index is 13.8.